The zero-order chi connectivity index (χ0) is 16.7. The van der Waals surface area contributed by atoms with Crippen LogP contribution >= 0.6 is 24.0 Å². The Bertz CT molecular complexity index is 584. The molecule has 0 atom stereocenters. The largest absolute Gasteiger partial charge is 0.358 e. The SMILES string of the molecule is CC(=O)c1ccccc1NC(=O)CCCSC(=S)N1CCCC1. The number of likely N-dealkylation sites (tertiary alicyclic amines) is 1. The molecule has 1 amide bonds. The van der Waals surface area contributed by atoms with Gasteiger partial charge in [-0.05, 0) is 38.3 Å². The Kier molecular flexibility index (Phi) is 7.05. The average Bonchev–Trinajstić information content (AvgIpc) is 3.06. The number of hydrogen-bond donors (Lipinski definition) is 1. The molecule has 124 valence electrons. The molecule has 1 aliphatic rings. The van der Waals surface area contributed by atoms with Gasteiger partial charge in [0.15, 0.2) is 5.78 Å². The van der Waals surface area contributed by atoms with Gasteiger partial charge in [-0.15, -0.1) is 0 Å². The molecule has 0 aliphatic carbocycles. The van der Waals surface area contributed by atoms with Crippen LogP contribution in [0.2, 0.25) is 0 Å². The molecule has 1 fully saturated rings. The zero-order valence-corrected chi connectivity index (χ0v) is 15.0. The van der Waals surface area contributed by atoms with E-state index in [9.17, 15) is 9.59 Å². The third kappa shape index (κ3) is 5.62. The van der Waals surface area contributed by atoms with Crippen LogP contribution in [0.4, 0.5) is 5.69 Å². The molecule has 2 rings (SSSR count). The first kappa shape index (κ1) is 17.9. The van der Waals surface area contributed by atoms with Gasteiger partial charge in [0.2, 0.25) is 5.91 Å². The van der Waals surface area contributed by atoms with Crippen LogP contribution in [0.3, 0.4) is 0 Å². The van der Waals surface area contributed by atoms with Crippen molar-refractivity contribution < 1.29 is 9.59 Å². The van der Waals surface area contributed by atoms with Crippen molar-refractivity contribution >= 4 is 45.7 Å². The van der Waals surface area contributed by atoms with Crippen LogP contribution in [0, 0.1) is 0 Å². The summed E-state index contributed by atoms with van der Waals surface area (Å²) >= 11 is 7.05. The van der Waals surface area contributed by atoms with Crippen molar-refractivity contribution in [3.8, 4) is 0 Å². The van der Waals surface area contributed by atoms with Gasteiger partial charge in [-0.1, -0.05) is 36.1 Å². The molecule has 0 radical (unpaired) electrons. The average molecular weight is 351 g/mol. The maximum atomic E-state index is 12.0. The number of carbonyl (C=O) groups excluding carboxylic acids is 2. The van der Waals surface area contributed by atoms with Crippen LogP contribution in [0.15, 0.2) is 24.3 Å². The van der Waals surface area contributed by atoms with Crippen molar-refractivity contribution in [2.45, 2.75) is 32.6 Å². The first-order valence-corrected chi connectivity index (χ1v) is 9.29. The molecule has 1 heterocycles. The fourth-order valence-corrected chi connectivity index (χ4v) is 3.76. The summed E-state index contributed by atoms with van der Waals surface area (Å²) in [5.41, 5.74) is 1.13. The van der Waals surface area contributed by atoms with E-state index in [2.05, 4.69) is 10.2 Å². The lowest BCUT2D eigenvalue weighted by Crippen LogP contribution is -2.23. The van der Waals surface area contributed by atoms with E-state index < -0.39 is 0 Å². The Labute approximate surface area is 147 Å². The highest BCUT2D eigenvalue weighted by Gasteiger charge is 2.15. The third-order valence-corrected chi connectivity index (χ3v) is 5.33. The van der Waals surface area contributed by atoms with Gasteiger partial charge >= 0.3 is 0 Å². The van der Waals surface area contributed by atoms with Gasteiger partial charge in [0.1, 0.15) is 4.32 Å². The number of hydrogen-bond acceptors (Lipinski definition) is 4. The van der Waals surface area contributed by atoms with E-state index in [0.29, 0.717) is 17.7 Å². The van der Waals surface area contributed by atoms with Gasteiger partial charge in [-0.25, -0.2) is 0 Å². The molecular formula is C17H22N2O2S2. The second-order valence-electron chi connectivity index (χ2n) is 5.56. The van der Waals surface area contributed by atoms with Gasteiger partial charge in [0.25, 0.3) is 0 Å². The second-order valence-corrected chi connectivity index (χ2v) is 7.29. The Morgan fingerprint density at radius 1 is 1.26 bits per heavy atom. The van der Waals surface area contributed by atoms with Gasteiger partial charge in [0, 0.05) is 30.8 Å². The summed E-state index contributed by atoms with van der Waals surface area (Å²) in [4.78, 5) is 25.8. The highest BCUT2D eigenvalue weighted by atomic mass is 32.2. The van der Waals surface area contributed by atoms with Crippen LogP contribution in [0.25, 0.3) is 0 Å². The number of para-hydroxylation sites is 1. The van der Waals surface area contributed by atoms with E-state index in [1.807, 2.05) is 6.07 Å². The topological polar surface area (TPSA) is 49.4 Å². The molecule has 1 N–H and O–H groups in total. The summed E-state index contributed by atoms with van der Waals surface area (Å²) < 4.78 is 0.949. The van der Waals surface area contributed by atoms with E-state index >= 15 is 0 Å². The number of Topliss-reactive ketones (excluding diaryl/α,β-unsaturated/α-hetero) is 1. The minimum Gasteiger partial charge on any atom is -0.358 e. The quantitative estimate of drug-likeness (QED) is 0.481. The minimum atomic E-state index is -0.0635. The van der Waals surface area contributed by atoms with Crippen LogP contribution in [0.1, 0.15) is 43.0 Å². The lowest BCUT2D eigenvalue weighted by Gasteiger charge is -2.17. The summed E-state index contributed by atoms with van der Waals surface area (Å²) in [6.45, 7) is 3.63. The van der Waals surface area contributed by atoms with Crippen molar-refractivity contribution in [1.29, 1.82) is 0 Å². The van der Waals surface area contributed by atoms with Gasteiger partial charge in [-0.3, -0.25) is 9.59 Å². The van der Waals surface area contributed by atoms with Crippen molar-refractivity contribution in [3.05, 3.63) is 29.8 Å². The molecule has 1 aromatic carbocycles. The molecule has 0 saturated carbocycles. The summed E-state index contributed by atoms with van der Waals surface area (Å²) in [6.07, 6.45) is 3.64. The van der Waals surface area contributed by atoms with Crippen LogP contribution in [0.5, 0.6) is 0 Å². The van der Waals surface area contributed by atoms with E-state index in [-0.39, 0.29) is 11.7 Å². The van der Waals surface area contributed by atoms with E-state index in [1.54, 1.807) is 30.0 Å². The lowest BCUT2D eigenvalue weighted by molar-refractivity contribution is -0.116. The smallest absolute Gasteiger partial charge is 0.224 e. The predicted molar refractivity (Wildman–Crippen MR) is 100 cm³/mol. The number of anilines is 1. The number of rotatable bonds is 6. The Hall–Kier alpha value is -1.40. The molecule has 6 heteroatoms. The van der Waals surface area contributed by atoms with Crippen molar-refractivity contribution in [2.75, 3.05) is 24.2 Å². The number of nitrogens with one attached hydrogen (secondary N) is 1. The molecule has 4 nitrogen and oxygen atoms in total. The third-order valence-electron chi connectivity index (χ3n) is 3.72. The first-order valence-electron chi connectivity index (χ1n) is 7.89. The minimum absolute atomic E-state index is 0.0487. The monoisotopic (exact) mass is 350 g/mol. The zero-order valence-electron chi connectivity index (χ0n) is 13.3. The number of benzene rings is 1. The van der Waals surface area contributed by atoms with Crippen molar-refractivity contribution in [3.63, 3.8) is 0 Å². The Morgan fingerprint density at radius 3 is 2.65 bits per heavy atom. The number of amides is 1. The summed E-state index contributed by atoms with van der Waals surface area (Å²) in [7, 11) is 0. The van der Waals surface area contributed by atoms with Gasteiger partial charge in [-0.2, -0.15) is 0 Å². The van der Waals surface area contributed by atoms with E-state index in [0.717, 1.165) is 29.6 Å². The normalized spacial score (nSPS) is 13.9. The molecule has 0 aromatic heterocycles. The number of nitrogens with zero attached hydrogens (tertiary/aromatic N) is 1. The highest BCUT2D eigenvalue weighted by Crippen LogP contribution is 2.18. The Balaban J connectivity index is 1.71. The van der Waals surface area contributed by atoms with E-state index in [1.165, 1.54) is 19.8 Å². The van der Waals surface area contributed by atoms with E-state index in [4.69, 9.17) is 12.2 Å². The maximum absolute atomic E-state index is 12.0. The van der Waals surface area contributed by atoms with Crippen molar-refractivity contribution in [2.24, 2.45) is 0 Å². The van der Waals surface area contributed by atoms with Crippen LogP contribution in [-0.4, -0.2) is 39.8 Å². The summed E-state index contributed by atoms with van der Waals surface area (Å²) in [6, 6.07) is 7.09. The predicted octanol–water partition coefficient (Wildman–Crippen LogP) is 3.72. The second kappa shape index (κ2) is 9.03. The number of thioether (sulfide) groups is 1. The fraction of sp³-hybridized carbons (Fsp3) is 0.471. The van der Waals surface area contributed by atoms with Crippen LogP contribution < -0.4 is 5.32 Å². The number of thiocarbonyl (C=S) groups is 1. The molecule has 0 spiro atoms. The molecule has 0 bridgehead atoms. The molecule has 0 unspecified atom stereocenters. The summed E-state index contributed by atoms with van der Waals surface area (Å²) in [5.74, 6) is 0.732. The number of carbonyl (C=O) groups is 2. The maximum Gasteiger partial charge on any atom is 0.224 e. The summed E-state index contributed by atoms with van der Waals surface area (Å²) in [5, 5.41) is 2.82. The number of ketones is 1. The highest BCUT2D eigenvalue weighted by molar-refractivity contribution is 8.22. The fourth-order valence-electron chi connectivity index (χ4n) is 2.50. The first-order chi connectivity index (χ1) is 11.1. The molecular weight excluding hydrogens is 328 g/mol. The van der Waals surface area contributed by atoms with Crippen LogP contribution in [-0.2, 0) is 4.79 Å². The molecule has 23 heavy (non-hydrogen) atoms. The van der Waals surface area contributed by atoms with Crippen molar-refractivity contribution in [1.82, 2.24) is 4.90 Å². The molecule has 1 saturated heterocycles. The lowest BCUT2D eigenvalue weighted by atomic mass is 10.1. The molecule has 1 aliphatic heterocycles. The Morgan fingerprint density at radius 2 is 1.96 bits per heavy atom. The van der Waals surface area contributed by atoms with Gasteiger partial charge in [0.05, 0.1) is 5.69 Å². The van der Waals surface area contributed by atoms with Gasteiger partial charge < -0.3 is 10.2 Å². The standard InChI is InChI=1S/C17H22N2O2S2/c1-13(20)14-7-2-3-8-15(14)18-16(21)9-6-12-23-17(22)19-10-4-5-11-19/h2-3,7-8H,4-6,9-12H2,1H3,(H,18,21). The molecule has 1 aromatic rings.